The molecule has 92 valence electrons. The molecule has 0 aromatic rings. The molecule has 0 aromatic heterocycles. The topological polar surface area (TPSA) is 40.5 Å². The van der Waals surface area contributed by atoms with Gasteiger partial charge in [0.15, 0.2) is 0 Å². The zero-order valence-electron chi connectivity index (χ0n) is 10.4. The minimum Gasteiger partial charge on any atom is -0.393 e. The van der Waals surface area contributed by atoms with Crippen molar-refractivity contribution in [2.24, 2.45) is 5.92 Å². The molecule has 0 spiro atoms. The summed E-state index contributed by atoms with van der Waals surface area (Å²) in [4.78, 5) is 14.5. The number of aliphatic hydroxyl groups excluding tert-OH is 1. The molecule has 1 amide bonds. The van der Waals surface area contributed by atoms with Gasteiger partial charge in [-0.15, -0.1) is 0 Å². The summed E-state index contributed by atoms with van der Waals surface area (Å²) in [7, 11) is 0. The van der Waals surface area contributed by atoms with Crippen LogP contribution in [0.25, 0.3) is 0 Å². The van der Waals surface area contributed by atoms with Gasteiger partial charge in [0, 0.05) is 18.0 Å². The van der Waals surface area contributed by atoms with Gasteiger partial charge in [0.2, 0.25) is 5.91 Å². The van der Waals surface area contributed by atoms with Gasteiger partial charge in [-0.1, -0.05) is 13.8 Å². The summed E-state index contributed by atoms with van der Waals surface area (Å²) in [5.41, 5.74) is 0. The Hall–Kier alpha value is -0.570. The van der Waals surface area contributed by atoms with Gasteiger partial charge < -0.3 is 10.0 Å². The van der Waals surface area contributed by atoms with Crippen LogP contribution in [-0.4, -0.2) is 34.1 Å². The average molecular weight is 225 g/mol. The normalized spacial score (nSPS) is 33.5. The molecule has 0 saturated carbocycles. The smallest absolute Gasteiger partial charge is 0.226 e. The van der Waals surface area contributed by atoms with E-state index >= 15 is 0 Å². The summed E-state index contributed by atoms with van der Waals surface area (Å²) < 4.78 is 0. The van der Waals surface area contributed by atoms with E-state index < -0.39 is 0 Å². The van der Waals surface area contributed by atoms with Gasteiger partial charge in [0.1, 0.15) is 0 Å². The number of carbonyl (C=O) groups excluding carboxylic acids is 1. The minimum absolute atomic E-state index is 0.178. The van der Waals surface area contributed by atoms with Crippen molar-refractivity contribution >= 4 is 5.91 Å². The maximum Gasteiger partial charge on any atom is 0.226 e. The summed E-state index contributed by atoms with van der Waals surface area (Å²) in [6.45, 7) is 4.18. The maximum absolute atomic E-state index is 12.4. The first-order valence-corrected chi connectivity index (χ1v) is 6.67. The van der Waals surface area contributed by atoms with Crippen LogP contribution in [0.3, 0.4) is 0 Å². The van der Waals surface area contributed by atoms with Crippen molar-refractivity contribution in [1.82, 2.24) is 4.90 Å². The zero-order valence-corrected chi connectivity index (χ0v) is 10.4. The third-order valence-electron chi connectivity index (χ3n) is 4.30. The molecule has 3 heteroatoms. The molecular formula is C13H23NO2. The van der Waals surface area contributed by atoms with Crippen LogP contribution in [0.2, 0.25) is 0 Å². The van der Waals surface area contributed by atoms with E-state index in [0.717, 1.165) is 38.5 Å². The lowest BCUT2D eigenvalue weighted by molar-refractivity contribution is -0.142. The number of aliphatic hydroxyl groups is 1. The van der Waals surface area contributed by atoms with E-state index in [0.29, 0.717) is 18.0 Å². The first kappa shape index (κ1) is 11.9. The molecule has 2 unspecified atom stereocenters. The van der Waals surface area contributed by atoms with Crippen LogP contribution >= 0.6 is 0 Å². The third-order valence-corrected chi connectivity index (χ3v) is 4.30. The number of hydrogen-bond donors (Lipinski definition) is 1. The van der Waals surface area contributed by atoms with Crippen LogP contribution in [0.4, 0.5) is 0 Å². The van der Waals surface area contributed by atoms with Crippen LogP contribution in [0.5, 0.6) is 0 Å². The van der Waals surface area contributed by atoms with Crippen LogP contribution < -0.4 is 0 Å². The quantitative estimate of drug-likeness (QED) is 0.797. The van der Waals surface area contributed by atoms with E-state index in [2.05, 4.69) is 18.7 Å². The average Bonchev–Trinajstić information content (AvgIpc) is 2.53. The second-order valence-electron chi connectivity index (χ2n) is 5.27. The Morgan fingerprint density at radius 1 is 1.25 bits per heavy atom. The van der Waals surface area contributed by atoms with E-state index in [1.54, 1.807) is 0 Å². The van der Waals surface area contributed by atoms with Crippen molar-refractivity contribution in [2.45, 2.75) is 70.6 Å². The van der Waals surface area contributed by atoms with E-state index in [1.165, 1.54) is 0 Å². The van der Waals surface area contributed by atoms with Gasteiger partial charge in [-0.25, -0.2) is 0 Å². The lowest BCUT2D eigenvalue weighted by Crippen LogP contribution is -2.50. The highest BCUT2D eigenvalue weighted by Gasteiger charge is 2.43. The molecule has 2 heterocycles. The van der Waals surface area contributed by atoms with Gasteiger partial charge in [-0.05, 0) is 38.5 Å². The van der Waals surface area contributed by atoms with Gasteiger partial charge in [-0.3, -0.25) is 4.79 Å². The molecule has 2 atom stereocenters. The van der Waals surface area contributed by atoms with Crippen LogP contribution in [0.1, 0.15) is 52.4 Å². The van der Waals surface area contributed by atoms with E-state index in [9.17, 15) is 9.90 Å². The van der Waals surface area contributed by atoms with Crippen molar-refractivity contribution in [1.29, 1.82) is 0 Å². The summed E-state index contributed by atoms with van der Waals surface area (Å²) in [6.07, 6.45) is 5.47. The molecule has 2 aliphatic heterocycles. The van der Waals surface area contributed by atoms with E-state index in [1.807, 2.05) is 0 Å². The molecule has 3 nitrogen and oxygen atoms in total. The first-order valence-electron chi connectivity index (χ1n) is 6.67. The maximum atomic E-state index is 12.4. The number of fused-ring (bicyclic) bond motifs is 2. The molecular weight excluding hydrogens is 202 g/mol. The summed E-state index contributed by atoms with van der Waals surface area (Å²) in [6, 6.07) is 0.642. The molecule has 2 rings (SSSR count). The fraction of sp³-hybridized carbons (Fsp3) is 0.923. The van der Waals surface area contributed by atoms with Gasteiger partial charge in [-0.2, -0.15) is 0 Å². The Labute approximate surface area is 97.8 Å². The molecule has 1 N–H and O–H groups in total. The SMILES string of the molecule is CCC(CC)C(=O)N1C2CCC1CC(O)C2. The molecule has 0 aliphatic carbocycles. The monoisotopic (exact) mass is 225 g/mol. The zero-order chi connectivity index (χ0) is 11.7. The van der Waals surface area contributed by atoms with Crippen LogP contribution in [-0.2, 0) is 4.79 Å². The predicted octanol–water partition coefficient (Wildman–Crippen LogP) is 1.94. The van der Waals surface area contributed by atoms with E-state index in [4.69, 9.17) is 0 Å². The van der Waals surface area contributed by atoms with Crippen molar-refractivity contribution < 1.29 is 9.90 Å². The lowest BCUT2D eigenvalue weighted by Gasteiger charge is -2.39. The van der Waals surface area contributed by atoms with Crippen LogP contribution in [0.15, 0.2) is 0 Å². The highest BCUT2D eigenvalue weighted by Crippen LogP contribution is 2.37. The molecule has 2 aliphatic rings. The largest absolute Gasteiger partial charge is 0.393 e. The fourth-order valence-electron chi connectivity index (χ4n) is 3.36. The Kier molecular flexibility index (Phi) is 3.53. The van der Waals surface area contributed by atoms with Crippen molar-refractivity contribution in [3.8, 4) is 0 Å². The van der Waals surface area contributed by atoms with Gasteiger partial charge in [0.25, 0.3) is 0 Å². The Morgan fingerprint density at radius 3 is 2.19 bits per heavy atom. The van der Waals surface area contributed by atoms with Crippen molar-refractivity contribution in [3.05, 3.63) is 0 Å². The summed E-state index contributed by atoms with van der Waals surface area (Å²) in [5.74, 6) is 0.530. The van der Waals surface area contributed by atoms with Crippen molar-refractivity contribution in [2.75, 3.05) is 0 Å². The van der Waals surface area contributed by atoms with Crippen LogP contribution in [0, 0.1) is 5.92 Å². The Bertz CT molecular complexity index is 249. The second-order valence-corrected chi connectivity index (χ2v) is 5.27. The Balaban J connectivity index is 2.07. The lowest BCUT2D eigenvalue weighted by atomic mass is 9.95. The molecule has 2 bridgehead atoms. The highest BCUT2D eigenvalue weighted by atomic mass is 16.3. The number of nitrogens with zero attached hydrogens (tertiary/aromatic N) is 1. The number of carbonyl (C=O) groups is 1. The van der Waals surface area contributed by atoms with Crippen molar-refractivity contribution in [3.63, 3.8) is 0 Å². The van der Waals surface area contributed by atoms with Gasteiger partial charge >= 0.3 is 0 Å². The molecule has 2 fully saturated rings. The highest BCUT2D eigenvalue weighted by molar-refractivity contribution is 5.80. The number of rotatable bonds is 3. The van der Waals surface area contributed by atoms with E-state index in [-0.39, 0.29) is 12.0 Å². The second kappa shape index (κ2) is 4.74. The molecule has 0 radical (unpaired) electrons. The number of hydrogen-bond acceptors (Lipinski definition) is 2. The molecule has 0 aromatic carbocycles. The third kappa shape index (κ3) is 1.97. The van der Waals surface area contributed by atoms with Gasteiger partial charge in [0.05, 0.1) is 6.10 Å². The number of amides is 1. The molecule has 2 saturated heterocycles. The fourth-order valence-corrected chi connectivity index (χ4v) is 3.36. The predicted molar refractivity (Wildman–Crippen MR) is 63.0 cm³/mol. The summed E-state index contributed by atoms with van der Waals surface area (Å²) >= 11 is 0. The molecule has 16 heavy (non-hydrogen) atoms. The number of piperidine rings is 1. The Morgan fingerprint density at radius 2 is 1.75 bits per heavy atom. The standard InChI is InChI=1S/C13H23NO2/c1-3-9(4-2)13(16)14-10-5-6-11(14)8-12(15)7-10/h9-12,15H,3-8H2,1-2H3. The first-order chi connectivity index (χ1) is 7.67. The minimum atomic E-state index is -0.178. The summed E-state index contributed by atoms with van der Waals surface area (Å²) in [5, 5.41) is 9.70.